The van der Waals surface area contributed by atoms with Crippen LogP contribution in [0.4, 0.5) is 0 Å². The molecule has 27 heavy (non-hydrogen) atoms. The highest BCUT2D eigenvalue weighted by Crippen LogP contribution is 2.36. The number of pyridine rings is 1. The zero-order chi connectivity index (χ0) is 19.0. The molecule has 6 heteroatoms. The van der Waals surface area contributed by atoms with Crippen LogP contribution in [0.1, 0.15) is 24.2 Å². The highest BCUT2D eigenvalue weighted by Gasteiger charge is 2.42. The van der Waals surface area contributed by atoms with E-state index in [1.54, 1.807) is 24.4 Å². The number of amides is 1. The van der Waals surface area contributed by atoms with Crippen LogP contribution >= 0.6 is 0 Å². The Labute approximate surface area is 156 Å². The van der Waals surface area contributed by atoms with Crippen molar-refractivity contribution in [3.8, 4) is 0 Å². The van der Waals surface area contributed by atoms with Gasteiger partial charge in [0.05, 0.1) is 11.3 Å². The molecule has 0 unspecified atom stereocenters. The number of aliphatic hydroxyl groups is 1. The van der Waals surface area contributed by atoms with Crippen LogP contribution in [0.5, 0.6) is 0 Å². The number of H-pyrrole nitrogens is 1. The average molecular weight is 361 g/mol. The number of rotatable bonds is 5. The van der Waals surface area contributed by atoms with E-state index in [1.165, 1.54) is 11.8 Å². The third-order valence-electron chi connectivity index (χ3n) is 4.95. The topological polar surface area (TPSA) is 86.3 Å². The van der Waals surface area contributed by atoms with Crippen molar-refractivity contribution >= 4 is 22.6 Å². The predicted octanol–water partition coefficient (Wildman–Crippen LogP) is 3.09. The van der Waals surface area contributed by atoms with E-state index >= 15 is 0 Å². The molecule has 2 aromatic heterocycles. The average Bonchev–Trinajstić information content (AvgIpc) is 3.20. The summed E-state index contributed by atoms with van der Waals surface area (Å²) in [6.45, 7) is 1.72. The van der Waals surface area contributed by atoms with Crippen molar-refractivity contribution < 1.29 is 14.7 Å². The number of aromatic nitrogens is 2. The van der Waals surface area contributed by atoms with Crippen molar-refractivity contribution in [2.45, 2.75) is 19.4 Å². The third-order valence-corrected chi connectivity index (χ3v) is 4.95. The van der Waals surface area contributed by atoms with Gasteiger partial charge in [-0.3, -0.25) is 14.6 Å². The second kappa shape index (κ2) is 6.72. The van der Waals surface area contributed by atoms with Gasteiger partial charge in [0, 0.05) is 29.8 Å². The van der Waals surface area contributed by atoms with E-state index in [0.717, 1.165) is 16.5 Å². The molecule has 1 aromatic carbocycles. The molecule has 2 N–H and O–H groups in total. The summed E-state index contributed by atoms with van der Waals surface area (Å²) >= 11 is 0. The molecule has 1 aliphatic heterocycles. The largest absolute Gasteiger partial charge is 0.503 e. The Morgan fingerprint density at radius 1 is 1.22 bits per heavy atom. The second-order valence-corrected chi connectivity index (χ2v) is 6.58. The van der Waals surface area contributed by atoms with Gasteiger partial charge in [-0.2, -0.15) is 0 Å². The molecule has 136 valence electrons. The maximum atomic E-state index is 12.7. The summed E-state index contributed by atoms with van der Waals surface area (Å²) in [5.74, 6) is -1.33. The first kappa shape index (κ1) is 17.0. The molecule has 3 aromatic rings. The molecule has 1 aliphatic rings. The molecule has 1 atom stereocenters. The van der Waals surface area contributed by atoms with Crippen molar-refractivity contribution in [2.24, 2.45) is 0 Å². The lowest BCUT2D eigenvalue weighted by molar-refractivity contribution is -0.129. The van der Waals surface area contributed by atoms with Crippen molar-refractivity contribution in [1.29, 1.82) is 0 Å². The van der Waals surface area contributed by atoms with E-state index in [2.05, 4.69) is 9.97 Å². The molecule has 0 radical (unpaired) electrons. The van der Waals surface area contributed by atoms with E-state index in [4.69, 9.17) is 0 Å². The molecule has 3 heterocycles. The Hall–Kier alpha value is -3.41. The van der Waals surface area contributed by atoms with Gasteiger partial charge in [0.25, 0.3) is 5.91 Å². The highest BCUT2D eigenvalue weighted by atomic mass is 16.3. The SMILES string of the molecule is CC(=O)C1=C(O)C(=O)N(CCc2c[nH]c3ccccc23)[C@H]1c1ccccn1. The van der Waals surface area contributed by atoms with E-state index in [-0.39, 0.29) is 11.4 Å². The summed E-state index contributed by atoms with van der Waals surface area (Å²) in [6.07, 6.45) is 4.14. The van der Waals surface area contributed by atoms with Crippen molar-refractivity contribution in [3.05, 3.63) is 77.4 Å². The van der Waals surface area contributed by atoms with Gasteiger partial charge in [0.1, 0.15) is 6.04 Å². The Bertz CT molecular complexity index is 1050. The van der Waals surface area contributed by atoms with Gasteiger partial charge in [0.15, 0.2) is 11.5 Å². The van der Waals surface area contributed by atoms with Crippen LogP contribution in [0.3, 0.4) is 0 Å². The Balaban J connectivity index is 1.66. The maximum absolute atomic E-state index is 12.7. The number of fused-ring (bicyclic) bond motifs is 1. The fourth-order valence-corrected chi connectivity index (χ4v) is 3.67. The van der Waals surface area contributed by atoms with Crippen molar-refractivity contribution in [1.82, 2.24) is 14.9 Å². The van der Waals surface area contributed by atoms with Gasteiger partial charge < -0.3 is 15.0 Å². The first-order valence-corrected chi connectivity index (χ1v) is 8.79. The summed E-state index contributed by atoms with van der Waals surface area (Å²) in [7, 11) is 0. The standard InChI is InChI=1S/C21H19N3O3/c1-13(25)18-19(17-8-4-5-10-22-17)24(21(27)20(18)26)11-9-14-12-23-16-7-3-2-6-15(14)16/h2-8,10,12,19,23,26H,9,11H2,1H3/t19-/m0/s1. The molecule has 0 saturated carbocycles. The number of aromatic amines is 1. The van der Waals surface area contributed by atoms with Gasteiger partial charge >= 0.3 is 0 Å². The lowest BCUT2D eigenvalue weighted by Crippen LogP contribution is -2.33. The minimum Gasteiger partial charge on any atom is -0.503 e. The van der Waals surface area contributed by atoms with Crippen LogP contribution in [0.25, 0.3) is 10.9 Å². The normalized spacial score (nSPS) is 17.1. The van der Waals surface area contributed by atoms with E-state index in [0.29, 0.717) is 18.7 Å². The third kappa shape index (κ3) is 2.89. The first-order chi connectivity index (χ1) is 13.1. The van der Waals surface area contributed by atoms with Gasteiger partial charge in [0.2, 0.25) is 0 Å². The number of Topliss-reactive ketones (excluding diaryl/α,β-unsaturated/α-hetero) is 1. The molecule has 0 bridgehead atoms. The zero-order valence-electron chi connectivity index (χ0n) is 14.8. The van der Waals surface area contributed by atoms with Crippen LogP contribution in [0, 0.1) is 0 Å². The van der Waals surface area contributed by atoms with Gasteiger partial charge in [-0.1, -0.05) is 24.3 Å². The van der Waals surface area contributed by atoms with Crippen LogP contribution in [-0.4, -0.2) is 38.2 Å². The Kier molecular flexibility index (Phi) is 4.24. The Morgan fingerprint density at radius 2 is 2.00 bits per heavy atom. The highest BCUT2D eigenvalue weighted by molar-refractivity contribution is 6.08. The molecule has 0 fully saturated rings. The van der Waals surface area contributed by atoms with Crippen LogP contribution in [0.2, 0.25) is 0 Å². The molecule has 6 nitrogen and oxygen atoms in total. The molecule has 1 amide bonds. The van der Waals surface area contributed by atoms with E-state index < -0.39 is 17.7 Å². The fraction of sp³-hybridized carbons (Fsp3) is 0.190. The number of carbonyl (C=O) groups excluding carboxylic acids is 2. The Morgan fingerprint density at radius 3 is 2.74 bits per heavy atom. The number of carbonyl (C=O) groups is 2. The molecule has 0 spiro atoms. The fourth-order valence-electron chi connectivity index (χ4n) is 3.67. The number of aliphatic hydroxyl groups excluding tert-OH is 1. The van der Waals surface area contributed by atoms with Gasteiger partial charge in [-0.15, -0.1) is 0 Å². The molecule has 4 rings (SSSR count). The van der Waals surface area contributed by atoms with Crippen LogP contribution in [0.15, 0.2) is 66.2 Å². The lowest BCUT2D eigenvalue weighted by Gasteiger charge is -2.25. The minimum absolute atomic E-state index is 0.109. The summed E-state index contributed by atoms with van der Waals surface area (Å²) < 4.78 is 0. The number of hydrogen-bond acceptors (Lipinski definition) is 4. The molecule has 0 saturated heterocycles. The number of ketones is 1. The van der Waals surface area contributed by atoms with E-state index in [9.17, 15) is 14.7 Å². The summed E-state index contributed by atoms with van der Waals surface area (Å²) in [4.78, 5) is 33.8. The first-order valence-electron chi connectivity index (χ1n) is 8.79. The van der Waals surface area contributed by atoms with E-state index in [1.807, 2.05) is 30.5 Å². The second-order valence-electron chi connectivity index (χ2n) is 6.58. The molecular weight excluding hydrogens is 342 g/mol. The van der Waals surface area contributed by atoms with Crippen molar-refractivity contribution in [2.75, 3.05) is 6.54 Å². The summed E-state index contributed by atoms with van der Waals surface area (Å²) in [5, 5.41) is 11.4. The minimum atomic E-state index is -0.665. The number of nitrogens with zero attached hydrogens (tertiary/aromatic N) is 2. The molecule has 0 aliphatic carbocycles. The smallest absolute Gasteiger partial charge is 0.290 e. The summed E-state index contributed by atoms with van der Waals surface area (Å²) in [6, 6.07) is 12.6. The monoisotopic (exact) mass is 361 g/mol. The van der Waals surface area contributed by atoms with Crippen LogP contribution in [-0.2, 0) is 16.0 Å². The van der Waals surface area contributed by atoms with Crippen LogP contribution < -0.4 is 0 Å². The summed E-state index contributed by atoms with van der Waals surface area (Å²) in [5.41, 5.74) is 2.79. The quantitative estimate of drug-likeness (QED) is 0.731. The molecular formula is C21H19N3O3. The predicted molar refractivity (Wildman–Crippen MR) is 101 cm³/mol. The zero-order valence-corrected chi connectivity index (χ0v) is 14.8. The van der Waals surface area contributed by atoms with Gasteiger partial charge in [-0.25, -0.2) is 0 Å². The van der Waals surface area contributed by atoms with Gasteiger partial charge in [-0.05, 0) is 37.1 Å². The number of para-hydroxylation sites is 1. The number of hydrogen-bond donors (Lipinski definition) is 2. The lowest BCUT2D eigenvalue weighted by atomic mass is 10.0. The number of benzene rings is 1. The maximum Gasteiger partial charge on any atom is 0.290 e. The van der Waals surface area contributed by atoms with Crippen molar-refractivity contribution in [3.63, 3.8) is 0 Å². The number of nitrogens with one attached hydrogen (secondary N) is 1.